The Labute approximate surface area is 146 Å². The number of nitrogens with zero attached hydrogens (tertiary/aromatic N) is 6. The van der Waals surface area contributed by atoms with E-state index in [-0.39, 0.29) is 4.90 Å². The van der Waals surface area contributed by atoms with Crippen LogP contribution in [0.4, 0.5) is 11.6 Å². The van der Waals surface area contributed by atoms with Gasteiger partial charge in [0.25, 0.3) is 0 Å². The SMILES string of the molecule is O=S(=O)(c1cnoc1)N1CCN(c2ccc(N3CCCC3)nn2)CC1. The molecular formula is C15H20N6O3S. The lowest BCUT2D eigenvalue weighted by Gasteiger charge is -2.34. The van der Waals surface area contributed by atoms with Crippen molar-refractivity contribution in [1.82, 2.24) is 19.7 Å². The van der Waals surface area contributed by atoms with E-state index >= 15 is 0 Å². The number of rotatable bonds is 4. The van der Waals surface area contributed by atoms with Crippen molar-refractivity contribution in [2.45, 2.75) is 17.7 Å². The molecule has 0 amide bonds. The molecule has 2 aromatic heterocycles. The van der Waals surface area contributed by atoms with Crippen LogP contribution in [0.5, 0.6) is 0 Å². The average Bonchev–Trinajstić information content (AvgIpc) is 3.36. The van der Waals surface area contributed by atoms with Gasteiger partial charge in [0.05, 0.1) is 6.20 Å². The maximum Gasteiger partial charge on any atom is 0.248 e. The first-order chi connectivity index (χ1) is 12.1. The Morgan fingerprint density at radius 2 is 1.48 bits per heavy atom. The fourth-order valence-corrected chi connectivity index (χ4v) is 4.51. The van der Waals surface area contributed by atoms with E-state index in [0.717, 1.165) is 31.0 Å². The molecule has 2 saturated heterocycles. The van der Waals surface area contributed by atoms with Crippen molar-refractivity contribution in [3.8, 4) is 0 Å². The predicted molar refractivity (Wildman–Crippen MR) is 91.0 cm³/mol. The van der Waals surface area contributed by atoms with Crippen molar-refractivity contribution in [1.29, 1.82) is 0 Å². The summed E-state index contributed by atoms with van der Waals surface area (Å²) < 4.78 is 31.0. The van der Waals surface area contributed by atoms with Gasteiger partial charge in [-0.2, -0.15) is 4.31 Å². The maximum atomic E-state index is 12.5. The highest BCUT2D eigenvalue weighted by Crippen LogP contribution is 2.22. The lowest BCUT2D eigenvalue weighted by Crippen LogP contribution is -2.48. The zero-order valence-corrected chi connectivity index (χ0v) is 14.6. The topological polar surface area (TPSA) is 95.7 Å². The van der Waals surface area contributed by atoms with Crippen LogP contribution in [0, 0.1) is 0 Å². The summed E-state index contributed by atoms with van der Waals surface area (Å²) in [4.78, 5) is 4.39. The largest absolute Gasteiger partial charge is 0.363 e. The van der Waals surface area contributed by atoms with Crippen LogP contribution in [-0.2, 0) is 10.0 Å². The lowest BCUT2D eigenvalue weighted by atomic mass is 10.3. The van der Waals surface area contributed by atoms with E-state index in [2.05, 4.69) is 29.7 Å². The quantitative estimate of drug-likeness (QED) is 0.777. The van der Waals surface area contributed by atoms with Gasteiger partial charge in [0.1, 0.15) is 11.2 Å². The molecule has 9 nitrogen and oxygen atoms in total. The summed E-state index contributed by atoms with van der Waals surface area (Å²) in [5.74, 6) is 1.69. The molecule has 0 N–H and O–H groups in total. The summed E-state index contributed by atoms with van der Waals surface area (Å²) in [5, 5.41) is 12.1. The highest BCUT2D eigenvalue weighted by molar-refractivity contribution is 7.89. The molecule has 0 atom stereocenters. The van der Waals surface area contributed by atoms with Crippen molar-refractivity contribution in [2.24, 2.45) is 0 Å². The summed E-state index contributed by atoms with van der Waals surface area (Å²) in [6.45, 7) is 4.00. The minimum atomic E-state index is -3.53. The second-order valence-electron chi connectivity index (χ2n) is 6.20. The van der Waals surface area contributed by atoms with Gasteiger partial charge < -0.3 is 14.3 Å². The van der Waals surface area contributed by atoms with Crippen LogP contribution in [-0.4, -0.2) is 67.3 Å². The fourth-order valence-electron chi connectivity index (χ4n) is 3.23. The minimum Gasteiger partial charge on any atom is -0.363 e. The van der Waals surface area contributed by atoms with Crippen LogP contribution in [0.2, 0.25) is 0 Å². The fraction of sp³-hybridized carbons (Fsp3) is 0.533. The van der Waals surface area contributed by atoms with Gasteiger partial charge in [0.15, 0.2) is 11.6 Å². The molecule has 0 bridgehead atoms. The summed E-state index contributed by atoms with van der Waals surface area (Å²) in [7, 11) is -3.53. The van der Waals surface area contributed by atoms with Crippen LogP contribution < -0.4 is 9.80 Å². The highest BCUT2D eigenvalue weighted by Gasteiger charge is 2.30. The molecule has 25 heavy (non-hydrogen) atoms. The van der Waals surface area contributed by atoms with E-state index in [0.29, 0.717) is 26.2 Å². The first-order valence-electron chi connectivity index (χ1n) is 8.38. The summed E-state index contributed by atoms with van der Waals surface area (Å²) in [5.41, 5.74) is 0. The summed E-state index contributed by atoms with van der Waals surface area (Å²) in [6.07, 6.45) is 4.78. The average molecular weight is 364 g/mol. The van der Waals surface area contributed by atoms with Gasteiger partial charge in [-0.1, -0.05) is 5.16 Å². The molecule has 2 aromatic rings. The van der Waals surface area contributed by atoms with Gasteiger partial charge in [0.2, 0.25) is 10.0 Å². The van der Waals surface area contributed by atoms with E-state index in [1.54, 1.807) is 0 Å². The molecule has 2 aliphatic heterocycles. The number of piperazine rings is 1. The number of anilines is 2. The predicted octanol–water partition coefficient (Wildman–Crippen LogP) is 0.576. The Hall–Kier alpha value is -2.20. The standard InChI is InChI=1S/C15H20N6O3S/c22-25(23,13-11-16-24-12-13)21-9-7-20(8-10-21)15-4-3-14(17-18-15)19-5-1-2-6-19/h3-4,11-12H,1-2,5-10H2. The maximum absolute atomic E-state index is 12.5. The monoisotopic (exact) mass is 364 g/mol. The molecule has 10 heteroatoms. The van der Waals surface area contributed by atoms with Crippen LogP contribution in [0.1, 0.15) is 12.8 Å². The molecule has 0 spiro atoms. The molecule has 0 saturated carbocycles. The third-order valence-electron chi connectivity index (χ3n) is 4.68. The normalized spacial score (nSPS) is 19.5. The first-order valence-corrected chi connectivity index (χ1v) is 9.82. The van der Waals surface area contributed by atoms with Crippen molar-refractivity contribution in [3.63, 3.8) is 0 Å². The Balaban J connectivity index is 1.40. The molecule has 0 aromatic carbocycles. The Bertz CT molecular complexity index is 794. The van der Waals surface area contributed by atoms with Gasteiger partial charge in [-0.25, -0.2) is 8.42 Å². The van der Waals surface area contributed by atoms with Gasteiger partial charge in [0, 0.05) is 39.3 Å². The molecule has 4 heterocycles. The Morgan fingerprint density at radius 1 is 0.880 bits per heavy atom. The number of aromatic nitrogens is 3. The second-order valence-corrected chi connectivity index (χ2v) is 8.13. The van der Waals surface area contributed by atoms with E-state index < -0.39 is 10.0 Å². The number of sulfonamides is 1. The number of hydrogen-bond donors (Lipinski definition) is 0. The van der Waals surface area contributed by atoms with Gasteiger partial charge in [-0.15, -0.1) is 10.2 Å². The van der Waals surface area contributed by atoms with Crippen molar-refractivity contribution < 1.29 is 12.9 Å². The van der Waals surface area contributed by atoms with E-state index in [9.17, 15) is 8.42 Å². The van der Waals surface area contributed by atoms with E-state index in [1.807, 2.05) is 12.1 Å². The van der Waals surface area contributed by atoms with Crippen molar-refractivity contribution >= 4 is 21.7 Å². The van der Waals surface area contributed by atoms with Gasteiger partial charge >= 0.3 is 0 Å². The van der Waals surface area contributed by atoms with Crippen molar-refractivity contribution in [3.05, 3.63) is 24.6 Å². The smallest absolute Gasteiger partial charge is 0.248 e. The zero-order valence-electron chi connectivity index (χ0n) is 13.8. The molecular weight excluding hydrogens is 344 g/mol. The third-order valence-corrected chi connectivity index (χ3v) is 6.52. The molecule has 134 valence electrons. The van der Waals surface area contributed by atoms with Gasteiger partial charge in [-0.05, 0) is 25.0 Å². The van der Waals surface area contributed by atoms with Crippen LogP contribution in [0.25, 0.3) is 0 Å². The molecule has 2 fully saturated rings. The first kappa shape index (κ1) is 16.3. The van der Waals surface area contributed by atoms with Crippen LogP contribution in [0.15, 0.2) is 34.0 Å². The molecule has 0 aliphatic carbocycles. The molecule has 4 rings (SSSR count). The number of hydrogen-bond acceptors (Lipinski definition) is 8. The van der Waals surface area contributed by atoms with Gasteiger partial charge in [-0.3, -0.25) is 0 Å². The van der Waals surface area contributed by atoms with Crippen molar-refractivity contribution in [2.75, 3.05) is 49.1 Å². The van der Waals surface area contributed by atoms with Crippen LogP contribution >= 0.6 is 0 Å². The van der Waals surface area contributed by atoms with Crippen LogP contribution in [0.3, 0.4) is 0 Å². The lowest BCUT2D eigenvalue weighted by molar-refractivity contribution is 0.382. The molecule has 2 aliphatic rings. The summed E-state index contributed by atoms with van der Waals surface area (Å²) in [6, 6.07) is 3.96. The Kier molecular flexibility index (Phi) is 4.30. The molecule has 0 radical (unpaired) electrons. The Morgan fingerprint density at radius 3 is 2.00 bits per heavy atom. The second kappa shape index (κ2) is 6.60. The van der Waals surface area contributed by atoms with E-state index in [4.69, 9.17) is 0 Å². The highest BCUT2D eigenvalue weighted by atomic mass is 32.2. The molecule has 0 unspecified atom stereocenters. The van der Waals surface area contributed by atoms with E-state index in [1.165, 1.54) is 23.3 Å². The third kappa shape index (κ3) is 3.19. The minimum absolute atomic E-state index is 0.0932. The summed E-state index contributed by atoms with van der Waals surface area (Å²) >= 11 is 0. The zero-order chi connectivity index (χ0) is 17.3.